The summed E-state index contributed by atoms with van der Waals surface area (Å²) in [5.74, 6) is 0.885. The van der Waals surface area contributed by atoms with Crippen molar-refractivity contribution in [1.29, 1.82) is 0 Å². The third-order valence-electron chi connectivity index (χ3n) is 6.06. The summed E-state index contributed by atoms with van der Waals surface area (Å²) in [6.45, 7) is 6.45. The number of aldehydes is 2. The van der Waals surface area contributed by atoms with Gasteiger partial charge in [-0.15, -0.1) is 11.7 Å². The van der Waals surface area contributed by atoms with Crippen LogP contribution in [0.15, 0.2) is 18.2 Å². The van der Waals surface area contributed by atoms with E-state index in [9.17, 15) is 14.4 Å². The van der Waals surface area contributed by atoms with E-state index in [1.165, 1.54) is 26.3 Å². The van der Waals surface area contributed by atoms with E-state index in [0.29, 0.717) is 30.0 Å². The Morgan fingerprint density at radius 2 is 1.85 bits per heavy atom. The third-order valence-corrected chi connectivity index (χ3v) is 6.06. The Bertz CT molecular complexity index is 738. The molecule has 1 heterocycles. The molecule has 1 amide bonds. The number of nitrogens with one attached hydrogen (secondary N) is 1. The van der Waals surface area contributed by atoms with E-state index in [1.807, 2.05) is 31.9 Å². The molecule has 8 nitrogen and oxygen atoms in total. The van der Waals surface area contributed by atoms with Crippen LogP contribution in [-0.4, -0.2) is 58.0 Å². The molecule has 3 N–H and O–H groups in total. The van der Waals surface area contributed by atoms with Crippen molar-refractivity contribution in [3.63, 3.8) is 0 Å². The molecule has 3 rings (SSSR count). The molecule has 2 fully saturated rings. The zero-order valence-corrected chi connectivity index (χ0v) is 24.1. The summed E-state index contributed by atoms with van der Waals surface area (Å²) in [7, 11) is 1.50. The van der Waals surface area contributed by atoms with Gasteiger partial charge in [0.25, 0.3) is 0 Å². The molecule has 1 saturated carbocycles. The summed E-state index contributed by atoms with van der Waals surface area (Å²) in [6.07, 6.45) is 8.57. The monoisotopic (exact) mass is 498 g/mol. The number of rotatable bonds is 10. The van der Waals surface area contributed by atoms with Crippen LogP contribution >= 0.6 is 0 Å². The van der Waals surface area contributed by atoms with Crippen LogP contribution < -0.4 is 67.3 Å². The van der Waals surface area contributed by atoms with Crippen molar-refractivity contribution in [2.75, 3.05) is 31.6 Å². The Kier molecular flexibility index (Phi) is 18.5. The van der Waals surface area contributed by atoms with E-state index >= 15 is 0 Å². The van der Waals surface area contributed by atoms with E-state index in [2.05, 4.69) is 21.3 Å². The summed E-state index contributed by atoms with van der Waals surface area (Å²) < 4.78 is 0. The minimum Gasteiger partial charge on any atom is -0.681 e. The predicted molar refractivity (Wildman–Crippen MR) is 132 cm³/mol. The van der Waals surface area contributed by atoms with E-state index in [0.717, 1.165) is 50.7 Å². The van der Waals surface area contributed by atoms with E-state index in [4.69, 9.17) is 4.79 Å². The summed E-state index contributed by atoms with van der Waals surface area (Å²) in [5.41, 5.74) is 6.77. The number of benzene rings is 1. The molecule has 0 bridgehead atoms. The summed E-state index contributed by atoms with van der Waals surface area (Å²) >= 11 is 0. The zero-order chi connectivity index (χ0) is 24.6. The smallest absolute Gasteiger partial charge is 0.681 e. The van der Waals surface area contributed by atoms with Crippen molar-refractivity contribution >= 4 is 36.6 Å². The average molecular weight is 499 g/mol. The fourth-order valence-electron chi connectivity index (χ4n) is 4.23. The Morgan fingerprint density at radius 1 is 1.21 bits per heavy atom. The first-order valence-corrected chi connectivity index (χ1v) is 11.7. The van der Waals surface area contributed by atoms with Crippen molar-refractivity contribution in [2.45, 2.75) is 57.9 Å². The van der Waals surface area contributed by atoms with Crippen molar-refractivity contribution in [3.05, 3.63) is 29.1 Å². The molecule has 0 radical (unpaired) electrons. The predicted octanol–water partition coefficient (Wildman–Crippen LogP) is 0.399. The number of nitrogens with zero attached hydrogens (tertiary/aromatic N) is 2. The van der Waals surface area contributed by atoms with Gasteiger partial charge in [0, 0.05) is 49.1 Å². The Balaban J connectivity index is 0.00000207. The van der Waals surface area contributed by atoms with Crippen LogP contribution in [0.5, 0.6) is 0 Å². The van der Waals surface area contributed by atoms with Crippen LogP contribution in [0.3, 0.4) is 0 Å². The number of nitrogens with two attached hydrogens (primary N) is 1. The third kappa shape index (κ3) is 10.7. The maximum Gasteiger partial charge on any atom is 1.00 e. The van der Waals surface area contributed by atoms with Gasteiger partial charge in [-0.3, -0.25) is 9.59 Å². The second kappa shape index (κ2) is 19.1. The molecule has 184 valence electrons. The topological polar surface area (TPSA) is 124 Å². The average Bonchev–Trinajstić information content (AvgIpc) is 2.85. The number of carbonyl (C=O) groups is 4. The van der Waals surface area contributed by atoms with E-state index in [-0.39, 0.29) is 69.3 Å². The van der Waals surface area contributed by atoms with Gasteiger partial charge in [0.1, 0.15) is 19.4 Å². The zero-order valence-electron chi connectivity index (χ0n) is 21.0. The minimum atomic E-state index is 0. The second-order valence-corrected chi connectivity index (χ2v) is 8.43. The molecule has 1 aliphatic carbocycles. The van der Waals surface area contributed by atoms with Gasteiger partial charge in [0.05, 0.1) is 0 Å². The van der Waals surface area contributed by atoms with Gasteiger partial charge in [-0.2, -0.15) is 0 Å². The van der Waals surface area contributed by atoms with Crippen molar-refractivity contribution in [2.24, 2.45) is 17.6 Å². The van der Waals surface area contributed by atoms with Gasteiger partial charge < -0.3 is 30.9 Å². The molecule has 34 heavy (non-hydrogen) atoms. The molecule has 1 atom stereocenters. The number of carbonyl (C=O) groups excluding carboxylic acids is 4. The number of hydrogen-bond donors (Lipinski definition) is 2. The summed E-state index contributed by atoms with van der Waals surface area (Å²) in [5, 5.41) is 7.70. The van der Waals surface area contributed by atoms with Crippen molar-refractivity contribution < 1.29 is 70.6 Å². The van der Waals surface area contributed by atoms with Crippen molar-refractivity contribution in [3.8, 4) is 0 Å². The van der Waals surface area contributed by atoms with Crippen molar-refractivity contribution in [1.82, 2.24) is 5.32 Å². The van der Waals surface area contributed by atoms with E-state index < -0.39 is 0 Å². The molecule has 1 saturated heterocycles. The molecule has 1 aliphatic heterocycles. The van der Waals surface area contributed by atoms with Crippen LogP contribution in [0, 0.1) is 11.8 Å². The van der Waals surface area contributed by atoms with E-state index in [1.54, 1.807) is 0 Å². The maximum atomic E-state index is 12.3. The molecule has 1 aromatic carbocycles. The summed E-state index contributed by atoms with van der Waals surface area (Å²) in [6, 6.07) is 5.77. The van der Waals surface area contributed by atoms with Gasteiger partial charge >= 0.3 is 51.4 Å². The quantitative estimate of drug-likeness (QED) is 0.355. The molecule has 9 heteroatoms. The van der Waals surface area contributed by atoms with Crippen LogP contribution in [0.4, 0.5) is 11.4 Å². The van der Waals surface area contributed by atoms with Crippen LogP contribution in [-0.2, 0) is 14.4 Å². The van der Waals surface area contributed by atoms with Gasteiger partial charge in [-0.05, 0) is 32.0 Å². The van der Waals surface area contributed by atoms with Crippen LogP contribution in [0.2, 0.25) is 0 Å². The van der Waals surface area contributed by atoms with Crippen LogP contribution in [0.25, 0.3) is 5.32 Å². The molecular formula is C25H39KN4O4. The minimum absolute atomic E-state index is 0. The standard InChI is InChI=1S/C23H33N3O3.CH5N.CH2O.K/c1-17(6-5-11-27)25-22-10-9-21(12-20(22)16-28)26-14-18(15-26)13-24-23(29)19-7-3-2-4-8-19;2*1-2;/h9-12,16-19H,2-8,13-15H2,1H3,(H2,24,25,28,29);2H2,1H3;1H2;/q;;;+1/p-1. The first-order valence-electron chi connectivity index (χ1n) is 11.7. The summed E-state index contributed by atoms with van der Waals surface area (Å²) in [4.78, 5) is 44.5. The number of anilines is 1. The molecule has 2 aliphatic rings. The SMILES string of the molecule is C=O.CC(CCC=O)[N-]c1ccc(N2CC(CNC(=O)C3CCCCC3)C2)cc1C=O.CN.[K+]. The molecule has 0 aromatic heterocycles. The molecule has 0 spiro atoms. The van der Waals surface area contributed by atoms with Gasteiger partial charge in [-0.1, -0.05) is 38.7 Å². The Labute approximate surface area is 246 Å². The largest absolute Gasteiger partial charge is 1.00 e. The fourth-order valence-corrected chi connectivity index (χ4v) is 4.23. The first kappa shape index (κ1) is 32.9. The molecule has 1 aromatic rings. The maximum absolute atomic E-state index is 12.3. The Morgan fingerprint density at radius 3 is 2.44 bits per heavy atom. The first-order chi connectivity index (χ1) is 16.1. The van der Waals surface area contributed by atoms with Crippen LogP contribution in [0.1, 0.15) is 62.2 Å². The van der Waals surface area contributed by atoms with Gasteiger partial charge in [-0.25, -0.2) is 0 Å². The van der Waals surface area contributed by atoms with Gasteiger partial charge in [0.2, 0.25) is 5.91 Å². The Hall–Kier alpha value is -1.10. The number of amides is 1. The second-order valence-electron chi connectivity index (χ2n) is 8.43. The molecule has 1 unspecified atom stereocenters. The normalized spacial score (nSPS) is 16.1. The molecular weight excluding hydrogens is 459 g/mol. The van der Waals surface area contributed by atoms with Gasteiger partial charge in [0.15, 0.2) is 0 Å². The number of hydrogen-bond acceptors (Lipinski definition) is 6. The fraction of sp³-hybridized carbons (Fsp3) is 0.600.